The van der Waals surface area contributed by atoms with Crippen LogP contribution in [0.1, 0.15) is 0 Å². The molecular weight excluding hydrogens is 641 g/mol. The van der Waals surface area contributed by atoms with Gasteiger partial charge >= 0.3 is 0 Å². The summed E-state index contributed by atoms with van der Waals surface area (Å²) in [6.07, 6.45) is 0. The Bertz CT molecular complexity index is 3120. The summed E-state index contributed by atoms with van der Waals surface area (Å²) in [5.74, 6) is 0.733. The third-order valence-electron chi connectivity index (χ3n) is 10.2. The monoisotopic (exact) mass is 668 g/mol. The van der Waals surface area contributed by atoms with Crippen LogP contribution in [-0.2, 0) is 0 Å². The van der Waals surface area contributed by atoms with Gasteiger partial charge in [-0.05, 0) is 66.7 Å². The summed E-state index contributed by atoms with van der Waals surface area (Å²) in [5, 5.41) is 7.26. The van der Waals surface area contributed by atoms with Gasteiger partial charge in [0, 0.05) is 59.5 Å². The first kappa shape index (κ1) is 28.3. The van der Waals surface area contributed by atoms with E-state index in [0.29, 0.717) is 0 Å². The smallest absolute Gasteiger partial charge is 0.161 e. The first-order valence-electron chi connectivity index (χ1n) is 17.2. The molecule has 4 aromatic heterocycles. The Hall–Kier alpha value is -6.56. The van der Waals surface area contributed by atoms with Gasteiger partial charge in [-0.25, -0.2) is 9.97 Å². The molecule has 0 aliphatic carbocycles. The van der Waals surface area contributed by atoms with E-state index < -0.39 is 0 Å². The second kappa shape index (κ2) is 11.0. The molecule has 5 heteroatoms. The lowest BCUT2D eigenvalue weighted by Crippen LogP contribution is -1.96. The van der Waals surface area contributed by atoms with Crippen molar-refractivity contribution in [3.05, 3.63) is 170 Å². The summed E-state index contributed by atoms with van der Waals surface area (Å²) >= 11 is 1.73. The van der Waals surface area contributed by atoms with Crippen LogP contribution >= 0.6 is 11.3 Å². The molecule has 11 aromatic rings. The van der Waals surface area contributed by atoms with Crippen LogP contribution in [0.4, 0.5) is 0 Å². The predicted octanol–water partition coefficient (Wildman–Crippen LogP) is 12.4. The summed E-state index contributed by atoms with van der Waals surface area (Å²) in [6.45, 7) is 0. The summed E-state index contributed by atoms with van der Waals surface area (Å²) < 4.78 is 6.01. The quantitative estimate of drug-likeness (QED) is 0.187. The third-order valence-corrected chi connectivity index (χ3v) is 11.2. The van der Waals surface area contributed by atoms with E-state index >= 15 is 0 Å². The van der Waals surface area contributed by atoms with Crippen LogP contribution in [0.3, 0.4) is 0 Å². The molecule has 4 heterocycles. The zero-order chi connectivity index (χ0) is 33.5. The Morgan fingerprint density at radius 3 is 1.57 bits per heavy atom. The highest BCUT2D eigenvalue weighted by atomic mass is 32.1. The van der Waals surface area contributed by atoms with Gasteiger partial charge < -0.3 is 9.13 Å². The highest BCUT2D eigenvalue weighted by Gasteiger charge is 2.20. The fraction of sp³-hybridized carbons (Fsp3) is 0. The Morgan fingerprint density at radius 2 is 0.922 bits per heavy atom. The molecular formula is C46H28N4S. The van der Waals surface area contributed by atoms with Gasteiger partial charge in [-0.3, -0.25) is 0 Å². The minimum absolute atomic E-state index is 0.733. The van der Waals surface area contributed by atoms with Crippen LogP contribution in [0, 0.1) is 0 Å². The van der Waals surface area contributed by atoms with Crippen molar-refractivity contribution in [3.8, 4) is 34.0 Å². The molecule has 0 saturated carbocycles. The molecule has 0 spiro atoms. The van der Waals surface area contributed by atoms with Gasteiger partial charge in [0.25, 0.3) is 0 Å². The fourth-order valence-corrected chi connectivity index (χ4v) is 8.96. The van der Waals surface area contributed by atoms with Gasteiger partial charge in [-0.15, -0.1) is 11.3 Å². The third kappa shape index (κ3) is 4.25. The van der Waals surface area contributed by atoms with Gasteiger partial charge in [-0.1, -0.05) is 103 Å². The Balaban J connectivity index is 1.11. The number of hydrogen-bond acceptors (Lipinski definition) is 3. The molecule has 0 fully saturated rings. The lowest BCUT2D eigenvalue weighted by atomic mass is 10.1. The summed E-state index contributed by atoms with van der Waals surface area (Å²) in [7, 11) is 0. The maximum absolute atomic E-state index is 5.23. The molecule has 0 aliphatic rings. The molecule has 0 bridgehead atoms. The molecule has 11 rings (SSSR count). The van der Waals surface area contributed by atoms with E-state index in [1.807, 2.05) is 6.07 Å². The van der Waals surface area contributed by atoms with Crippen molar-refractivity contribution < 1.29 is 0 Å². The van der Waals surface area contributed by atoms with Crippen LogP contribution in [0.15, 0.2) is 170 Å². The van der Waals surface area contributed by atoms with Crippen molar-refractivity contribution in [2.24, 2.45) is 0 Å². The molecule has 0 amide bonds. The highest BCUT2D eigenvalue weighted by molar-refractivity contribution is 7.25. The van der Waals surface area contributed by atoms with Crippen molar-refractivity contribution >= 4 is 75.3 Å². The minimum Gasteiger partial charge on any atom is -0.309 e. The van der Waals surface area contributed by atoms with Crippen molar-refractivity contribution in [1.29, 1.82) is 0 Å². The highest BCUT2D eigenvalue weighted by Crippen LogP contribution is 2.41. The Labute approximate surface area is 297 Å². The second-order valence-corrected chi connectivity index (χ2v) is 14.0. The number of thiophene rings is 1. The van der Waals surface area contributed by atoms with Gasteiger partial charge in [-0.2, -0.15) is 0 Å². The Morgan fingerprint density at radius 1 is 0.392 bits per heavy atom. The number of hydrogen-bond donors (Lipinski definition) is 0. The minimum atomic E-state index is 0.733. The van der Waals surface area contributed by atoms with Crippen molar-refractivity contribution in [3.63, 3.8) is 0 Å². The zero-order valence-corrected chi connectivity index (χ0v) is 28.2. The van der Waals surface area contributed by atoms with Crippen molar-refractivity contribution in [2.75, 3.05) is 0 Å². The number of rotatable bonds is 4. The van der Waals surface area contributed by atoms with E-state index in [4.69, 9.17) is 9.97 Å². The van der Waals surface area contributed by atoms with E-state index in [2.05, 4.69) is 173 Å². The molecule has 0 atom stereocenters. The largest absolute Gasteiger partial charge is 0.309 e. The average molecular weight is 669 g/mol. The van der Waals surface area contributed by atoms with E-state index in [1.54, 1.807) is 11.3 Å². The van der Waals surface area contributed by atoms with Crippen LogP contribution in [0.2, 0.25) is 0 Å². The van der Waals surface area contributed by atoms with Gasteiger partial charge in [0.1, 0.15) is 4.83 Å². The van der Waals surface area contributed by atoms with Crippen LogP contribution in [0.5, 0.6) is 0 Å². The fourth-order valence-electron chi connectivity index (χ4n) is 7.88. The van der Waals surface area contributed by atoms with Crippen LogP contribution in [0.25, 0.3) is 97.9 Å². The lowest BCUT2D eigenvalue weighted by Gasteiger charge is -2.11. The normalized spacial score (nSPS) is 11.9. The summed E-state index contributed by atoms with van der Waals surface area (Å²) in [4.78, 5) is 11.4. The van der Waals surface area contributed by atoms with Gasteiger partial charge in [0.2, 0.25) is 0 Å². The van der Waals surface area contributed by atoms with E-state index in [1.165, 1.54) is 53.7 Å². The maximum atomic E-state index is 5.23. The number of aromatic nitrogens is 4. The standard InChI is InChI=1S/C46H28N4S/c1-3-13-29(14-4-1)44-43-35-19-9-12-22-42(35)51-46(43)48-45(47-44)30-23-25-32(26-24-30)50-39-21-11-8-18-34(39)37-27-40-36(28-41(37)50)33-17-7-10-20-38(33)49(40)31-15-5-2-6-16-31/h1-28H. The molecule has 0 aliphatic heterocycles. The second-order valence-electron chi connectivity index (χ2n) is 13.0. The molecule has 51 heavy (non-hydrogen) atoms. The number of fused-ring (bicyclic) bond motifs is 9. The molecule has 238 valence electrons. The lowest BCUT2D eigenvalue weighted by molar-refractivity contribution is 1.17. The molecule has 4 nitrogen and oxygen atoms in total. The van der Waals surface area contributed by atoms with Crippen LogP contribution < -0.4 is 0 Å². The van der Waals surface area contributed by atoms with Crippen LogP contribution in [-0.4, -0.2) is 19.1 Å². The van der Waals surface area contributed by atoms with Gasteiger partial charge in [0.05, 0.1) is 27.8 Å². The van der Waals surface area contributed by atoms with Crippen molar-refractivity contribution in [1.82, 2.24) is 19.1 Å². The molecule has 0 unspecified atom stereocenters. The zero-order valence-electron chi connectivity index (χ0n) is 27.4. The summed E-state index contributed by atoms with van der Waals surface area (Å²) in [6, 6.07) is 60.6. The average Bonchev–Trinajstić information content (AvgIpc) is 3.85. The topological polar surface area (TPSA) is 35.6 Å². The SMILES string of the molecule is c1ccc(-c2nc(-c3ccc(-n4c5ccccc5c5cc6c(cc54)c4ccccc4n6-c4ccccc4)cc3)nc3sc4ccccc4c23)cc1. The summed E-state index contributed by atoms with van der Waals surface area (Å²) in [5.41, 5.74) is 10.1. The van der Waals surface area contributed by atoms with E-state index in [-0.39, 0.29) is 0 Å². The predicted molar refractivity (Wildman–Crippen MR) is 214 cm³/mol. The molecule has 7 aromatic carbocycles. The first-order valence-corrected chi connectivity index (χ1v) is 18.0. The molecule has 0 N–H and O–H groups in total. The maximum Gasteiger partial charge on any atom is 0.161 e. The number of nitrogens with zero attached hydrogens (tertiary/aromatic N) is 4. The van der Waals surface area contributed by atoms with Crippen molar-refractivity contribution in [2.45, 2.75) is 0 Å². The molecule has 0 radical (unpaired) electrons. The Kier molecular flexibility index (Phi) is 6.09. The van der Waals surface area contributed by atoms with Gasteiger partial charge in [0.15, 0.2) is 5.82 Å². The number of benzene rings is 7. The molecule has 0 saturated heterocycles. The van der Waals surface area contributed by atoms with E-state index in [0.717, 1.165) is 44.2 Å². The number of para-hydroxylation sites is 3. The first-order chi connectivity index (χ1) is 25.3. The van der Waals surface area contributed by atoms with E-state index in [9.17, 15) is 0 Å².